The minimum absolute atomic E-state index is 0.230. The molecule has 0 radical (unpaired) electrons. The Hall–Kier alpha value is -1.55. The summed E-state index contributed by atoms with van der Waals surface area (Å²) in [7, 11) is -3.56. The van der Waals surface area contributed by atoms with Crippen LogP contribution < -0.4 is 9.44 Å². The van der Waals surface area contributed by atoms with E-state index < -0.39 is 10.2 Å². The van der Waals surface area contributed by atoms with Gasteiger partial charge >= 0.3 is 0 Å². The van der Waals surface area contributed by atoms with Crippen molar-refractivity contribution in [1.82, 2.24) is 4.72 Å². The van der Waals surface area contributed by atoms with Crippen molar-refractivity contribution in [3.8, 4) is 11.8 Å². The Balaban J connectivity index is 2.76. The van der Waals surface area contributed by atoms with E-state index in [2.05, 4.69) is 21.3 Å². The molecule has 0 heterocycles. The van der Waals surface area contributed by atoms with Crippen LogP contribution >= 0.6 is 0 Å². The molecule has 0 fully saturated rings. The van der Waals surface area contributed by atoms with Crippen molar-refractivity contribution in [3.05, 3.63) is 29.8 Å². The summed E-state index contributed by atoms with van der Waals surface area (Å²) in [5.74, 6) is 5.46. The normalized spacial score (nSPS) is 10.9. The summed E-state index contributed by atoms with van der Waals surface area (Å²) in [6.07, 6.45) is 0. The molecule has 0 unspecified atom stereocenters. The van der Waals surface area contributed by atoms with E-state index in [1.807, 2.05) is 13.8 Å². The highest BCUT2D eigenvalue weighted by molar-refractivity contribution is 7.90. The fourth-order valence-electron chi connectivity index (χ4n) is 1.27. The molecule has 6 heteroatoms. The molecule has 0 aliphatic carbocycles. The van der Waals surface area contributed by atoms with Gasteiger partial charge in [-0.1, -0.05) is 31.8 Å². The molecule has 19 heavy (non-hydrogen) atoms. The molecule has 0 aromatic heterocycles. The highest BCUT2D eigenvalue weighted by Crippen LogP contribution is 2.11. The molecular weight excluding hydrogens is 264 g/mol. The maximum atomic E-state index is 11.7. The number of hydrogen-bond donors (Lipinski definition) is 3. The van der Waals surface area contributed by atoms with Crippen LogP contribution in [0.15, 0.2) is 24.3 Å². The van der Waals surface area contributed by atoms with Crippen LogP contribution in [0.1, 0.15) is 19.4 Å². The second kappa shape index (κ2) is 7.14. The van der Waals surface area contributed by atoms with Crippen LogP contribution in [-0.4, -0.2) is 26.7 Å². The predicted octanol–water partition coefficient (Wildman–Crippen LogP) is 0.933. The lowest BCUT2D eigenvalue weighted by molar-refractivity contribution is 0.350. The van der Waals surface area contributed by atoms with Crippen LogP contribution in [0.3, 0.4) is 0 Å². The Labute approximate surface area is 114 Å². The Kier molecular flexibility index (Phi) is 5.83. The van der Waals surface area contributed by atoms with Crippen molar-refractivity contribution in [2.24, 2.45) is 5.92 Å². The van der Waals surface area contributed by atoms with E-state index in [9.17, 15) is 8.42 Å². The van der Waals surface area contributed by atoms with E-state index >= 15 is 0 Å². The topological polar surface area (TPSA) is 78.4 Å². The molecule has 1 rings (SSSR count). The number of rotatable bonds is 5. The van der Waals surface area contributed by atoms with Crippen molar-refractivity contribution >= 4 is 15.9 Å². The van der Waals surface area contributed by atoms with Gasteiger partial charge in [-0.25, -0.2) is 0 Å². The molecule has 1 aromatic rings. The number of aliphatic hydroxyl groups is 1. The van der Waals surface area contributed by atoms with Crippen LogP contribution in [0.5, 0.6) is 0 Å². The molecule has 0 bridgehead atoms. The zero-order chi connectivity index (χ0) is 14.3. The molecule has 104 valence electrons. The van der Waals surface area contributed by atoms with Crippen LogP contribution in [0.4, 0.5) is 5.69 Å². The summed E-state index contributed by atoms with van der Waals surface area (Å²) < 4.78 is 28.3. The standard InChI is InChI=1S/C13H18N2O3S/c1-11(2)10-14-19(17,18)15-13-7-3-5-12(9-13)6-4-8-16/h3,5,7,9,11,14-16H,8,10H2,1-2H3. The largest absolute Gasteiger partial charge is 0.384 e. The van der Waals surface area contributed by atoms with E-state index in [1.165, 1.54) is 0 Å². The molecular formula is C13H18N2O3S. The Morgan fingerprint density at radius 3 is 2.74 bits per heavy atom. The Bertz CT molecular complexity index is 571. The van der Waals surface area contributed by atoms with Gasteiger partial charge in [-0.2, -0.15) is 13.1 Å². The van der Waals surface area contributed by atoms with Gasteiger partial charge in [0.2, 0.25) is 0 Å². The van der Waals surface area contributed by atoms with Gasteiger partial charge in [0.1, 0.15) is 6.61 Å². The zero-order valence-corrected chi connectivity index (χ0v) is 11.8. The van der Waals surface area contributed by atoms with Crippen molar-refractivity contribution in [3.63, 3.8) is 0 Å². The quantitative estimate of drug-likeness (QED) is 0.703. The van der Waals surface area contributed by atoms with Crippen LogP contribution in [-0.2, 0) is 10.2 Å². The van der Waals surface area contributed by atoms with Crippen molar-refractivity contribution in [2.45, 2.75) is 13.8 Å². The minimum atomic E-state index is -3.56. The van der Waals surface area contributed by atoms with Crippen molar-refractivity contribution in [2.75, 3.05) is 17.9 Å². The van der Waals surface area contributed by atoms with Gasteiger partial charge in [0.05, 0.1) is 5.69 Å². The summed E-state index contributed by atoms with van der Waals surface area (Å²) in [5.41, 5.74) is 1.07. The van der Waals surface area contributed by atoms with Gasteiger partial charge in [-0.15, -0.1) is 0 Å². The number of nitrogens with one attached hydrogen (secondary N) is 2. The first-order valence-electron chi connectivity index (χ1n) is 5.90. The summed E-state index contributed by atoms with van der Waals surface area (Å²) in [4.78, 5) is 0. The number of hydrogen-bond acceptors (Lipinski definition) is 3. The summed E-state index contributed by atoms with van der Waals surface area (Å²) in [6.45, 7) is 3.99. The molecule has 0 saturated carbocycles. The van der Waals surface area contributed by atoms with Gasteiger partial charge in [0.25, 0.3) is 10.2 Å². The van der Waals surface area contributed by atoms with Crippen LogP contribution in [0.25, 0.3) is 0 Å². The second-order valence-electron chi connectivity index (χ2n) is 4.39. The van der Waals surface area contributed by atoms with Crippen LogP contribution in [0, 0.1) is 17.8 Å². The number of benzene rings is 1. The summed E-state index contributed by atoms with van der Waals surface area (Å²) in [6, 6.07) is 6.68. The third-order valence-electron chi connectivity index (χ3n) is 2.11. The highest BCUT2D eigenvalue weighted by Gasteiger charge is 2.09. The average Bonchev–Trinajstić information content (AvgIpc) is 2.34. The van der Waals surface area contributed by atoms with Gasteiger partial charge in [0.15, 0.2) is 0 Å². The molecule has 0 spiro atoms. The van der Waals surface area contributed by atoms with E-state index in [0.717, 1.165) is 0 Å². The molecule has 5 nitrogen and oxygen atoms in total. The third kappa shape index (κ3) is 6.25. The molecule has 3 N–H and O–H groups in total. The van der Waals surface area contributed by atoms with Gasteiger partial charge in [-0.05, 0) is 24.1 Å². The molecule has 0 aliphatic rings. The third-order valence-corrected chi connectivity index (χ3v) is 3.16. The summed E-state index contributed by atoms with van der Waals surface area (Å²) >= 11 is 0. The fraction of sp³-hybridized carbons (Fsp3) is 0.385. The monoisotopic (exact) mass is 282 g/mol. The smallest absolute Gasteiger partial charge is 0.299 e. The SMILES string of the molecule is CC(C)CNS(=O)(=O)Nc1cccc(C#CCO)c1. The summed E-state index contributed by atoms with van der Waals surface area (Å²) in [5, 5.41) is 8.61. The Morgan fingerprint density at radius 1 is 1.37 bits per heavy atom. The number of anilines is 1. The first-order valence-corrected chi connectivity index (χ1v) is 7.38. The molecule has 1 aromatic carbocycles. The Morgan fingerprint density at radius 2 is 2.11 bits per heavy atom. The lowest BCUT2D eigenvalue weighted by atomic mass is 10.2. The van der Waals surface area contributed by atoms with Gasteiger partial charge < -0.3 is 5.11 Å². The lowest BCUT2D eigenvalue weighted by Gasteiger charge is -2.11. The van der Waals surface area contributed by atoms with Crippen molar-refractivity contribution in [1.29, 1.82) is 0 Å². The molecule has 0 saturated heterocycles. The molecule has 0 aliphatic heterocycles. The highest BCUT2D eigenvalue weighted by atomic mass is 32.2. The minimum Gasteiger partial charge on any atom is -0.384 e. The molecule has 0 atom stereocenters. The maximum absolute atomic E-state index is 11.7. The maximum Gasteiger partial charge on any atom is 0.299 e. The zero-order valence-electron chi connectivity index (χ0n) is 11.0. The first kappa shape index (κ1) is 15.5. The average molecular weight is 282 g/mol. The number of aliphatic hydroxyl groups excluding tert-OH is 1. The van der Waals surface area contributed by atoms with Crippen molar-refractivity contribution < 1.29 is 13.5 Å². The first-order chi connectivity index (χ1) is 8.93. The van der Waals surface area contributed by atoms with Crippen LogP contribution in [0.2, 0.25) is 0 Å². The van der Waals surface area contributed by atoms with E-state index in [4.69, 9.17) is 5.11 Å². The van der Waals surface area contributed by atoms with Gasteiger partial charge in [-0.3, -0.25) is 4.72 Å². The van der Waals surface area contributed by atoms with E-state index in [1.54, 1.807) is 24.3 Å². The predicted molar refractivity (Wildman–Crippen MR) is 75.8 cm³/mol. The fourth-order valence-corrected chi connectivity index (χ4v) is 2.33. The molecule has 0 amide bonds. The van der Waals surface area contributed by atoms with E-state index in [0.29, 0.717) is 17.8 Å². The second-order valence-corrected chi connectivity index (χ2v) is 5.89. The lowest BCUT2D eigenvalue weighted by Crippen LogP contribution is -2.32. The van der Waals surface area contributed by atoms with E-state index in [-0.39, 0.29) is 12.5 Å². The van der Waals surface area contributed by atoms with Gasteiger partial charge in [0, 0.05) is 12.1 Å².